The molecule has 0 spiro atoms. The molecule has 1 saturated carbocycles. The van der Waals surface area contributed by atoms with Gasteiger partial charge in [0.15, 0.2) is 0 Å². The molecule has 5 heteroatoms. The van der Waals surface area contributed by atoms with Gasteiger partial charge in [0.1, 0.15) is 11.4 Å². The van der Waals surface area contributed by atoms with Gasteiger partial charge in [0.25, 0.3) is 0 Å². The molecule has 1 fully saturated rings. The lowest BCUT2D eigenvalue weighted by atomic mass is 10.1. The minimum absolute atomic E-state index is 0.0905. The van der Waals surface area contributed by atoms with Gasteiger partial charge in [-0.1, -0.05) is 10.3 Å². The fourth-order valence-electron chi connectivity index (χ4n) is 2.04. The summed E-state index contributed by atoms with van der Waals surface area (Å²) in [6.45, 7) is 3.51. The van der Waals surface area contributed by atoms with Gasteiger partial charge in [-0.15, -0.1) is 0 Å². The van der Waals surface area contributed by atoms with Crippen molar-refractivity contribution in [2.75, 3.05) is 6.54 Å². The summed E-state index contributed by atoms with van der Waals surface area (Å²) in [4.78, 5) is 0. The van der Waals surface area contributed by atoms with E-state index in [1.54, 1.807) is 0 Å². The Bertz CT molecular complexity index is 313. The highest BCUT2D eigenvalue weighted by Crippen LogP contribution is 2.24. The third-order valence-corrected chi connectivity index (χ3v) is 2.99. The fraction of sp³-hybridized carbons (Fsp3) is 0.800. The first kappa shape index (κ1) is 10.6. The first-order chi connectivity index (χ1) is 7.25. The zero-order valence-electron chi connectivity index (χ0n) is 8.94. The van der Waals surface area contributed by atoms with Crippen LogP contribution in [0.15, 0.2) is 4.63 Å². The van der Waals surface area contributed by atoms with Gasteiger partial charge >= 0.3 is 0 Å². The summed E-state index contributed by atoms with van der Waals surface area (Å²) < 4.78 is 4.60. The van der Waals surface area contributed by atoms with Crippen molar-refractivity contribution in [3.8, 4) is 0 Å². The summed E-state index contributed by atoms with van der Waals surface area (Å²) in [5, 5.41) is 20.2. The summed E-state index contributed by atoms with van der Waals surface area (Å²) in [7, 11) is 0. The summed E-state index contributed by atoms with van der Waals surface area (Å²) in [6.07, 6.45) is 2.89. The van der Waals surface area contributed by atoms with Crippen molar-refractivity contribution in [2.24, 2.45) is 5.92 Å². The lowest BCUT2D eigenvalue weighted by molar-refractivity contribution is 0.177. The van der Waals surface area contributed by atoms with E-state index in [4.69, 9.17) is 0 Å². The van der Waals surface area contributed by atoms with Crippen LogP contribution in [0.25, 0.3) is 0 Å². The topological polar surface area (TPSA) is 71.2 Å². The molecule has 84 valence electrons. The molecule has 2 atom stereocenters. The predicted molar refractivity (Wildman–Crippen MR) is 54.1 cm³/mol. The number of aromatic nitrogens is 2. The zero-order valence-corrected chi connectivity index (χ0v) is 8.94. The van der Waals surface area contributed by atoms with E-state index in [2.05, 4.69) is 20.3 Å². The van der Waals surface area contributed by atoms with Gasteiger partial charge in [0.2, 0.25) is 0 Å². The van der Waals surface area contributed by atoms with E-state index >= 15 is 0 Å². The van der Waals surface area contributed by atoms with E-state index in [-0.39, 0.29) is 6.10 Å². The predicted octanol–water partition coefficient (Wildman–Crippen LogP) is 0.629. The molecule has 2 rings (SSSR count). The van der Waals surface area contributed by atoms with Crippen LogP contribution in [-0.4, -0.2) is 28.1 Å². The monoisotopic (exact) mass is 211 g/mol. The molecule has 5 nitrogen and oxygen atoms in total. The van der Waals surface area contributed by atoms with Crippen molar-refractivity contribution in [3.05, 3.63) is 11.4 Å². The average molecular weight is 211 g/mol. The van der Waals surface area contributed by atoms with E-state index in [0.717, 1.165) is 37.2 Å². The van der Waals surface area contributed by atoms with Gasteiger partial charge in [0, 0.05) is 6.54 Å². The molecule has 2 N–H and O–H groups in total. The Morgan fingerprint density at radius 3 is 2.93 bits per heavy atom. The van der Waals surface area contributed by atoms with Gasteiger partial charge in [-0.05, 0) is 38.6 Å². The van der Waals surface area contributed by atoms with Crippen molar-refractivity contribution < 1.29 is 9.74 Å². The number of rotatable bonds is 4. The molecule has 1 aliphatic rings. The van der Waals surface area contributed by atoms with E-state index in [1.807, 2.05) is 6.92 Å². The van der Waals surface area contributed by atoms with Crippen LogP contribution in [0.5, 0.6) is 0 Å². The van der Waals surface area contributed by atoms with Gasteiger partial charge in [-0.3, -0.25) is 0 Å². The number of nitrogens with one attached hydrogen (secondary N) is 1. The fourth-order valence-corrected chi connectivity index (χ4v) is 2.04. The van der Waals surface area contributed by atoms with Crippen LogP contribution >= 0.6 is 0 Å². The SMILES string of the molecule is Cc1nonc1CNCC1CCC(O)C1. The molecule has 1 aromatic rings. The first-order valence-electron chi connectivity index (χ1n) is 5.42. The smallest absolute Gasteiger partial charge is 0.121 e. The maximum atomic E-state index is 9.36. The molecule has 0 saturated heterocycles. The van der Waals surface area contributed by atoms with Gasteiger partial charge < -0.3 is 10.4 Å². The third kappa shape index (κ3) is 2.76. The number of aryl methyl sites for hydroxylation is 1. The molecular formula is C10H17N3O2. The standard InChI is InChI=1S/C10H17N3O2/c1-7-10(13-15-12-7)6-11-5-8-2-3-9(14)4-8/h8-9,11,14H,2-6H2,1H3. The van der Waals surface area contributed by atoms with Crippen molar-refractivity contribution in [1.82, 2.24) is 15.6 Å². The second-order valence-corrected chi connectivity index (χ2v) is 4.26. The Kier molecular flexibility index (Phi) is 3.33. The van der Waals surface area contributed by atoms with Crippen LogP contribution in [0.3, 0.4) is 0 Å². The Labute approximate surface area is 88.8 Å². The zero-order chi connectivity index (χ0) is 10.7. The van der Waals surface area contributed by atoms with Crippen LogP contribution < -0.4 is 5.32 Å². The van der Waals surface area contributed by atoms with Crippen LogP contribution in [-0.2, 0) is 6.54 Å². The average Bonchev–Trinajstić information content (AvgIpc) is 2.77. The molecule has 15 heavy (non-hydrogen) atoms. The minimum atomic E-state index is -0.0905. The number of aliphatic hydroxyl groups excluding tert-OH is 1. The highest BCUT2D eigenvalue weighted by Gasteiger charge is 2.22. The first-order valence-corrected chi connectivity index (χ1v) is 5.42. The summed E-state index contributed by atoms with van der Waals surface area (Å²) in [5.74, 6) is 0.597. The van der Waals surface area contributed by atoms with E-state index in [1.165, 1.54) is 0 Å². The largest absolute Gasteiger partial charge is 0.393 e. The summed E-state index contributed by atoms with van der Waals surface area (Å²) in [5.41, 5.74) is 1.71. The number of nitrogens with zero attached hydrogens (tertiary/aromatic N) is 2. The van der Waals surface area contributed by atoms with E-state index < -0.39 is 0 Å². The Morgan fingerprint density at radius 2 is 2.33 bits per heavy atom. The Balaban J connectivity index is 1.69. The molecular weight excluding hydrogens is 194 g/mol. The summed E-state index contributed by atoms with van der Waals surface area (Å²) >= 11 is 0. The number of hydrogen-bond acceptors (Lipinski definition) is 5. The van der Waals surface area contributed by atoms with Crippen LogP contribution in [0.1, 0.15) is 30.7 Å². The Hall–Kier alpha value is -0.940. The van der Waals surface area contributed by atoms with Crippen LogP contribution in [0.2, 0.25) is 0 Å². The van der Waals surface area contributed by atoms with Crippen LogP contribution in [0, 0.1) is 12.8 Å². The molecule has 1 heterocycles. The lowest BCUT2D eigenvalue weighted by Gasteiger charge is -2.09. The van der Waals surface area contributed by atoms with Crippen molar-refractivity contribution in [3.63, 3.8) is 0 Å². The maximum Gasteiger partial charge on any atom is 0.121 e. The van der Waals surface area contributed by atoms with Gasteiger partial charge in [0.05, 0.1) is 6.10 Å². The van der Waals surface area contributed by atoms with E-state index in [0.29, 0.717) is 12.5 Å². The minimum Gasteiger partial charge on any atom is -0.393 e. The van der Waals surface area contributed by atoms with Gasteiger partial charge in [-0.25, -0.2) is 4.63 Å². The van der Waals surface area contributed by atoms with E-state index in [9.17, 15) is 5.11 Å². The molecule has 0 aliphatic heterocycles. The maximum absolute atomic E-state index is 9.36. The van der Waals surface area contributed by atoms with Crippen molar-refractivity contribution >= 4 is 0 Å². The van der Waals surface area contributed by atoms with Gasteiger partial charge in [-0.2, -0.15) is 0 Å². The quantitative estimate of drug-likeness (QED) is 0.764. The molecule has 2 unspecified atom stereocenters. The molecule has 1 aliphatic carbocycles. The highest BCUT2D eigenvalue weighted by atomic mass is 16.6. The lowest BCUT2D eigenvalue weighted by Crippen LogP contribution is -2.21. The van der Waals surface area contributed by atoms with Crippen LogP contribution in [0.4, 0.5) is 0 Å². The van der Waals surface area contributed by atoms with Crippen molar-refractivity contribution in [2.45, 2.75) is 38.8 Å². The molecule has 0 aromatic carbocycles. The second kappa shape index (κ2) is 4.72. The molecule has 0 radical (unpaired) electrons. The number of aliphatic hydroxyl groups is 1. The summed E-state index contributed by atoms with van der Waals surface area (Å²) in [6, 6.07) is 0. The van der Waals surface area contributed by atoms with Crippen molar-refractivity contribution in [1.29, 1.82) is 0 Å². The molecule has 0 bridgehead atoms. The number of hydrogen-bond donors (Lipinski definition) is 2. The Morgan fingerprint density at radius 1 is 1.47 bits per heavy atom. The highest BCUT2D eigenvalue weighted by molar-refractivity contribution is 5.03. The normalized spacial score (nSPS) is 26.0. The second-order valence-electron chi connectivity index (χ2n) is 4.26. The third-order valence-electron chi connectivity index (χ3n) is 2.99. The molecule has 0 amide bonds. The molecule has 1 aromatic heterocycles.